The van der Waals surface area contributed by atoms with Crippen molar-refractivity contribution in [3.63, 3.8) is 0 Å². The molecule has 1 unspecified atom stereocenters. The first kappa shape index (κ1) is 19.6. The van der Waals surface area contributed by atoms with Crippen LogP contribution in [-0.2, 0) is 14.6 Å². The highest BCUT2D eigenvalue weighted by Crippen LogP contribution is 2.31. The van der Waals surface area contributed by atoms with Crippen LogP contribution in [0.4, 0.5) is 11.4 Å². The number of nitro benzene ring substituents is 1. The predicted octanol–water partition coefficient (Wildman–Crippen LogP) is 0.789. The summed E-state index contributed by atoms with van der Waals surface area (Å²) in [5.41, 5.74) is 0.157. The van der Waals surface area contributed by atoms with E-state index in [-0.39, 0.29) is 22.5 Å². The molecule has 0 saturated carbocycles. The second kappa shape index (κ2) is 7.81. The van der Waals surface area contributed by atoms with E-state index < -0.39 is 14.8 Å². The molecule has 0 radical (unpaired) electrons. The topological polar surface area (TPSA) is 113 Å². The molecule has 2 saturated heterocycles. The quantitative estimate of drug-likeness (QED) is 0.578. The Morgan fingerprint density at radius 2 is 2.00 bits per heavy atom. The molecule has 27 heavy (non-hydrogen) atoms. The van der Waals surface area contributed by atoms with Crippen LogP contribution in [0.5, 0.6) is 0 Å². The Balaban J connectivity index is 1.68. The van der Waals surface area contributed by atoms with E-state index in [2.05, 4.69) is 5.32 Å². The minimum Gasteiger partial charge on any atom is -0.362 e. The molecule has 0 aromatic heterocycles. The SMILES string of the molecule is CS(=O)(=O)c1ccc(N2CCN(C(=O)CC3CCCN3)CC2)c([N+](=O)[O-])c1. The highest BCUT2D eigenvalue weighted by atomic mass is 32.2. The van der Waals surface area contributed by atoms with Crippen LogP contribution in [0.25, 0.3) is 0 Å². The second-order valence-corrected chi connectivity index (χ2v) is 9.06. The van der Waals surface area contributed by atoms with E-state index in [1.807, 2.05) is 4.90 Å². The van der Waals surface area contributed by atoms with E-state index in [1.165, 1.54) is 12.1 Å². The Hall–Kier alpha value is -2.20. The van der Waals surface area contributed by atoms with Crippen LogP contribution in [0.3, 0.4) is 0 Å². The summed E-state index contributed by atoms with van der Waals surface area (Å²) in [6.07, 6.45) is 3.63. The van der Waals surface area contributed by atoms with Crippen LogP contribution >= 0.6 is 0 Å². The van der Waals surface area contributed by atoms with Crippen molar-refractivity contribution in [1.29, 1.82) is 0 Å². The lowest BCUT2D eigenvalue weighted by Crippen LogP contribution is -2.49. The van der Waals surface area contributed by atoms with Crippen molar-refractivity contribution in [3.05, 3.63) is 28.3 Å². The van der Waals surface area contributed by atoms with Gasteiger partial charge in [-0.2, -0.15) is 0 Å². The van der Waals surface area contributed by atoms with Crippen LogP contribution in [0.15, 0.2) is 23.1 Å². The minimum absolute atomic E-state index is 0.0733. The number of piperazine rings is 1. The zero-order valence-corrected chi connectivity index (χ0v) is 16.1. The lowest BCUT2D eigenvalue weighted by Gasteiger charge is -2.36. The van der Waals surface area contributed by atoms with Gasteiger partial charge in [-0.15, -0.1) is 0 Å². The van der Waals surface area contributed by atoms with Crippen molar-refractivity contribution in [2.24, 2.45) is 0 Å². The Morgan fingerprint density at radius 3 is 2.56 bits per heavy atom. The van der Waals surface area contributed by atoms with Crippen molar-refractivity contribution in [2.75, 3.05) is 43.9 Å². The van der Waals surface area contributed by atoms with Gasteiger partial charge < -0.3 is 15.1 Å². The third-order valence-electron chi connectivity index (χ3n) is 5.13. The molecule has 10 heteroatoms. The highest BCUT2D eigenvalue weighted by Gasteiger charge is 2.28. The summed E-state index contributed by atoms with van der Waals surface area (Å²) in [6.45, 7) is 2.90. The number of nitrogens with zero attached hydrogens (tertiary/aromatic N) is 3. The number of amides is 1. The first-order valence-corrected chi connectivity index (χ1v) is 10.9. The molecule has 9 nitrogen and oxygen atoms in total. The Kier molecular flexibility index (Phi) is 5.66. The van der Waals surface area contributed by atoms with E-state index in [4.69, 9.17) is 0 Å². The van der Waals surface area contributed by atoms with Gasteiger partial charge in [-0.1, -0.05) is 0 Å². The number of carbonyl (C=O) groups excluding carboxylic acids is 1. The molecule has 1 N–H and O–H groups in total. The number of nitro groups is 1. The molecular formula is C17H24N4O5S. The molecule has 2 heterocycles. The molecule has 0 aliphatic carbocycles. The number of rotatable bonds is 5. The van der Waals surface area contributed by atoms with Gasteiger partial charge in [-0.25, -0.2) is 8.42 Å². The number of nitrogens with one attached hydrogen (secondary N) is 1. The van der Waals surface area contributed by atoms with Gasteiger partial charge in [-0.05, 0) is 31.5 Å². The van der Waals surface area contributed by atoms with E-state index >= 15 is 0 Å². The third-order valence-corrected chi connectivity index (χ3v) is 6.24. The van der Waals surface area contributed by atoms with Crippen LogP contribution in [0.2, 0.25) is 0 Å². The summed E-state index contributed by atoms with van der Waals surface area (Å²) in [4.78, 5) is 26.8. The van der Waals surface area contributed by atoms with E-state index in [0.717, 1.165) is 31.7 Å². The van der Waals surface area contributed by atoms with Gasteiger partial charge in [0.25, 0.3) is 5.69 Å². The Labute approximate surface area is 158 Å². The lowest BCUT2D eigenvalue weighted by atomic mass is 10.1. The van der Waals surface area contributed by atoms with Crippen molar-refractivity contribution < 1.29 is 18.1 Å². The summed E-state index contributed by atoms with van der Waals surface area (Å²) in [5, 5.41) is 14.7. The van der Waals surface area contributed by atoms with Crippen LogP contribution in [0, 0.1) is 10.1 Å². The summed E-state index contributed by atoms with van der Waals surface area (Å²) < 4.78 is 23.3. The maximum atomic E-state index is 12.4. The molecule has 2 aliphatic rings. The summed E-state index contributed by atoms with van der Waals surface area (Å²) in [7, 11) is -3.52. The fourth-order valence-electron chi connectivity index (χ4n) is 3.62. The normalized spacial score (nSPS) is 20.7. The first-order valence-electron chi connectivity index (χ1n) is 9.00. The molecule has 1 aromatic rings. The fourth-order valence-corrected chi connectivity index (χ4v) is 4.26. The molecule has 2 aliphatic heterocycles. The van der Waals surface area contributed by atoms with Crippen molar-refractivity contribution in [2.45, 2.75) is 30.2 Å². The van der Waals surface area contributed by atoms with Gasteiger partial charge in [0, 0.05) is 51.0 Å². The van der Waals surface area contributed by atoms with Crippen LogP contribution in [-0.4, -0.2) is 69.2 Å². The summed E-state index contributed by atoms with van der Waals surface area (Å²) in [5.74, 6) is 0.107. The molecule has 1 atom stereocenters. The van der Waals surface area contributed by atoms with E-state index in [0.29, 0.717) is 38.3 Å². The molecule has 1 aromatic carbocycles. The minimum atomic E-state index is -3.52. The Bertz CT molecular complexity index is 828. The molecule has 1 amide bonds. The van der Waals surface area contributed by atoms with Crippen LogP contribution < -0.4 is 10.2 Å². The number of benzene rings is 1. The molecule has 148 valence electrons. The number of carbonyl (C=O) groups is 1. The second-order valence-electron chi connectivity index (χ2n) is 7.05. The molecule has 0 spiro atoms. The largest absolute Gasteiger partial charge is 0.362 e. The smallest absolute Gasteiger partial charge is 0.293 e. The number of hydrogen-bond donors (Lipinski definition) is 1. The average Bonchev–Trinajstić information content (AvgIpc) is 3.13. The molecule has 0 bridgehead atoms. The standard InChI is InChI=1S/C17H24N4O5S/c1-27(25,26)14-4-5-15(16(12-14)21(23)24)19-7-9-20(10-8-19)17(22)11-13-3-2-6-18-13/h4-5,12-13,18H,2-3,6-11H2,1H3. The molecular weight excluding hydrogens is 372 g/mol. The van der Waals surface area contributed by atoms with Gasteiger partial charge >= 0.3 is 0 Å². The average molecular weight is 396 g/mol. The number of hydrogen-bond acceptors (Lipinski definition) is 7. The fraction of sp³-hybridized carbons (Fsp3) is 0.588. The summed E-state index contributed by atoms with van der Waals surface area (Å²) >= 11 is 0. The first-order chi connectivity index (χ1) is 12.8. The monoisotopic (exact) mass is 396 g/mol. The highest BCUT2D eigenvalue weighted by molar-refractivity contribution is 7.90. The lowest BCUT2D eigenvalue weighted by molar-refractivity contribution is -0.384. The summed E-state index contributed by atoms with van der Waals surface area (Å²) in [6, 6.07) is 4.23. The van der Waals surface area contributed by atoms with Gasteiger partial charge in [0.1, 0.15) is 5.69 Å². The van der Waals surface area contributed by atoms with Gasteiger partial charge in [-0.3, -0.25) is 14.9 Å². The Morgan fingerprint density at radius 1 is 1.30 bits per heavy atom. The zero-order chi connectivity index (χ0) is 19.6. The van der Waals surface area contributed by atoms with Gasteiger partial charge in [0.2, 0.25) is 5.91 Å². The van der Waals surface area contributed by atoms with E-state index in [1.54, 1.807) is 4.90 Å². The molecule has 2 fully saturated rings. The molecule has 3 rings (SSSR count). The predicted molar refractivity (Wildman–Crippen MR) is 101 cm³/mol. The van der Waals surface area contributed by atoms with E-state index in [9.17, 15) is 23.3 Å². The maximum Gasteiger partial charge on any atom is 0.293 e. The van der Waals surface area contributed by atoms with Crippen LogP contribution in [0.1, 0.15) is 19.3 Å². The van der Waals surface area contributed by atoms with Crippen molar-refractivity contribution in [1.82, 2.24) is 10.2 Å². The van der Waals surface area contributed by atoms with Gasteiger partial charge in [0.15, 0.2) is 9.84 Å². The maximum absolute atomic E-state index is 12.4. The zero-order valence-electron chi connectivity index (χ0n) is 15.3. The van der Waals surface area contributed by atoms with Gasteiger partial charge in [0.05, 0.1) is 9.82 Å². The third kappa shape index (κ3) is 4.56. The van der Waals surface area contributed by atoms with Crippen molar-refractivity contribution in [3.8, 4) is 0 Å². The number of anilines is 1. The van der Waals surface area contributed by atoms with Crippen molar-refractivity contribution >= 4 is 27.1 Å². The number of sulfone groups is 1.